The third-order valence-electron chi connectivity index (χ3n) is 3.43. The molecule has 19 heteroatoms. The fourth-order valence-corrected chi connectivity index (χ4v) is 3.98. The first kappa shape index (κ1) is 29.0. The molecule has 0 bridgehead atoms. The summed E-state index contributed by atoms with van der Waals surface area (Å²) >= 11 is 0. The molecule has 2 radical (unpaired) electrons. The van der Waals surface area contributed by atoms with Crippen LogP contribution >= 0.6 is 15.6 Å². The molecule has 0 saturated carbocycles. The minimum atomic E-state index is -5.74. The van der Waals surface area contributed by atoms with Gasteiger partial charge in [0.2, 0.25) is 0 Å². The molecule has 28 heavy (non-hydrogen) atoms. The van der Waals surface area contributed by atoms with Gasteiger partial charge in [-0.3, -0.25) is 24.1 Å². The third-order valence-corrected chi connectivity index (χ3v) is 5.57. The number of hydrogen-bond donors (Lipinski definition) is 5. The molecular weight excluding hydrogens is 452 g/mol. The molecule has 0 aromatic heterocycles. The van der Waals surface area contributed by atoms with Crippen molar-refractivity contribution in [3.05, 3.63) is 0 Å². The van der Waals surface area contributed by atoms with Gasteiger partial charge in [0.15, 0.2) is 12.3 Å². The van der Waals surface area contributed by atoms with E-state index in [1.165, 1.54) is 0 Å². The Labute approximate surface area is 201 Å². The van der Waals surface area contributed by atoms with E-state index in [1.807, 2.05) is 0 Å². The fraction of sp³-hybridized carbons (Fsp3) is 0.778. The Morgan fingerprint density at radius 2 is 1.79 bits per heavy atom. The molecule has 2 aliphatic rings. The normalized spacial score (nSPS) is 34.5. The Morgan fingerprint density at radius 3 is 2.25 bits per heavy atom. The first-order chi connectivity index (χ1) is 11.8. The van der Waals surface area contributed by atoms with Crippen LogP contribution in [0, 0.1) is 0 Å². The Hall–Kier alpha value is 1.04. The van der Waals surface area contributed by atoms with Crippen molar-refractivity contribution in [2.75, 3.05) is 13.2 Å². The zero-order valence-electron chi connectivity index (χ0n) is 14.6. The number of nitrogens with zero attached hydrogens (tertiary/aromatic N) is 1. The van der Waals surface area contributed by atoms with E-state index < -0.39 is 71.4 Å². The van der Waals surface area contributed by atoms with Crippen molar-refractivity contribution in [2.24, 2.45) is 0 Å². The smallest absolute Gasteiger partial charge is 0.326 e. The quantitative estimate of drug-likeness (QED) is 0.182. The summed E-state index contributed by atoms with van der Waals surface area (Å²) < 4.78 is 34.5. The first-order valence-corrected chi connectivity index (χ1v) is 9.79. The molecule has 3 amide bonds. The molecule has 5 N–H and O–H groups in total. The average molecular weight is 466 g/mol. The number of urea groups is 1. The number of carbonyl (C=O) groups excluding carboxylic acids is 2. The number of hydrogen-bond acceptors (Lipinski definition) is 12. The van der Waals surface area contributed by atoms with E-state index in [0.717, 1.165) is 0 Å². The predicted molar refractivity (Wildman–Crippen MR) is 82.9 cm³/mol. The summed E-state index contributed by atoms with van der Waals surface area (Å²) in [7, 11) is -11.5. The van der Waals surface area contributed by atoms with Gasteiger partial charge in [-0.25, -0.2) is 9.11 Å². The standard InChI is InChI=1S/C9H16N2O13P2.2Na/c12-2-4-5(13)6(14)8(22-4)11-1-3(7(15)10-9(11)16)23-26(20,21)24-25(17,18)19;;/h3-6,8,12-14H,1-2H2,(H,20,21)(H,10,15,16)(H2,17,18,19);;/p-2/t3?,4-,5-,6-,8-;;/m1../s1. The fourth-order valence-electron chi connectivity index (χ4n) is 2.34. The van der Waals surface area contributed by atoms with E-state index in [-0.39, 0.29) is 59.1 Å². The molecule has 2 rings (SSSR count). The molecule has 0 aliphatic carbocycles. The molecule has 15 nitrogen and oxygen atoms in total. The second-order valence-electron chi connectivity index (χ2n) is 5.27. The number of ether oxygens (including phenoxy) is 1. The Balaban J connectivity index is 0.00000364. The minimum absolute atomic E-state index is 0. The van der Waals surface area contributed by atoms with Crippen molar-refractivity contribution in [1.29, 1.82) is 0 Å². The summed E-state index contributed by atoms with van der Waals surface area (Å²) in [6, 6.07) is -1.14. The maximum atomic E-state index is 11.9. The predicted octanol–water partition coefficient (Wildman–Crippen LogP) is -5.45. The SMILES string of the molecule is O=C1NC(=O)N([C@@H]2O[C@H](CO)[C@@H](O)[C@H]2O)CC1OP(=O)([O-])OP(=O)([O-])O.[Na].[Na]. The molecule has 0 aromatic rings. The maximum absolute atomic E-state index is 11.9. The van der Waals surface area contributed by atoms with E-state index in [4.69, 9.17) is 14.7 Å². The van der Waals surface area contributed by atoms with E-state index in [2.05, 4.69) is 8.83 Å². The average Bonchev–Trinajstić information content (AvgIpc) is 2.75. The van der Waals surface area contributed by atoms with Crippen molar-refractivity contribution in [3.8, 4) is 0 Å². The van der Waals surface area contributed by atoms with Crippen LogP contribution in [0.5, 0.6) is 0 Å². The van der Waals surface area contributed by atoms with Crippen molar-refractivity contribution < 1.29 is 62.3 Å². The van der Waals surface area contributed by atoms with E-state index in [9.17, 15) is 38.7 Å². The molecule has 0 aromatic carbocycles. The number of aliphatic hydroxyl groups is 3. The third kappa shape index (κ3) is 7.32. The Morgan fingerprint density at radius 1 is 1.21 bits per heavy atom. The zero-order chi connectivity index (χ0) is 19.9. The number of nitrogens with one attached hydrogen (secondary N) is 1. The van der Waals surface area contributed by atoms with E-state index >= 15 is 0 Å². The molecular formula is C9H14N2Na2O13P2-2. The largest absolute Gasteiger partial charge is 0.756 e. The molecule has 3 unspecified atom stereocenters. The van der Waals surface area contributed by atoms with Gasteiger partial charge in [-0.05, 0) is 0 Å². The molecule has 152 valence electrons. The maximum Gasteiger partial charge on any atom is 0.326 e. The number of rotatable bonds is 6. The van der Waals surface area contributed by atoms with Crippen LogP contribution in [-0.2, 0) is 27.5 Å². The van der Waals surface area contributed by atoms with Crippen LogP contribution in [0.4, 0.5) is 4.79 Å². The molecule has 2 saturated heterocycles. The summed E-state index contributed by atoms with van der Waals surface area (Å²) in [5.41, 5.74) is 0. The molecule has 0 spiro atoms. The summed E-state index contributed by atoms with van der Waals surface area (Å²) in [5.74, 6) is -1.28. The van der Waals surface area contributed by atoms with Gasteiger partial charge >= 0.3 is 6.03 Å². The van der Waals surface area contributed by atoms with Crippen molar-refractivity contribution in [3.63, 3.8) is 0 Å². The summed E-state index contributed by atoms with van der Waals surface area (Å²) in [5, 5.41) is 30.3. The van der Waals surface area contributed by atoms with Gasteiger partial charge in [-0.2, -0.15) is 0 Å². The Kier molecular flexibility index (Phi) is 11.5. The van der Waals surface area contributed by atoms with Crippen LogP contribution in [0.2, 0.25) is 0 Å². The number of aliphatic hydroxyl groups excluding tert-OH is 3. The topological polar surface area (TPSA) is 238 Å². The molecule has 2 heterocycles. The van der Waals surface area contributed by atoms with Crippen molar-refractivity contribution in [2.45, 2.75) is 30.6 Å². The minimum Gasteiger partial charge on any atom is -0.756 e. The van der Waals surface area contributed by atoms with Gasteiger partial charge in [0.05, 0.1) is 13.2 Å². The molecule has 7 atom stereocenters. The second kappa shape index (κ2) is 11.1. The van der Waals surface area contributed by atoms with Crippen molar-refractivity contribution in [1.82, 2.24) is 10.2 Å². The van der Waals surface area contributed by atoms with Crippen LogP contribution in [-0.4, -0.2) is 140 Å². The van der Waals surface area contributed by atoms with E-state index in [0.29, 0.717) is 4.90 Å². The van der Waals surface area contributed by atoms with Gasteiger partial charge < -0.3 is 39.3 Å². The summed E-state index contributed by atoms with van der Waals surface area (Å²) in [6.45, 7) is -1.55. The monoisotopic (exact) mass is 466 g/mol. The second-order valence-corrected chi connectivity index (χ2v) is 7.96. The van der Waals surface area contributed by atoms with Gasteiger partial charge in [-0.1, -0.05) is 0 Å². The van der Waals surface area contributed by atoms with Crippen molar-refractivity contribution >= 4 is 86.7 Å². The van der Waals surface area contributed by atoms with Gasteiger partial charge in [0.1, 0.15) is 18.3 Å². The zero-order valence-corrected chi connectivity index (χ0v) is 20.4. The first-order valence-electron chi connectivity index (χ1n) is 6.83. The Bertz CT molecular complexity index is 676. The van der Waals surface area contributed by atoms with Crippen LogP contribution < -0.4 is 15.1 Å². The van der Waals surface area contributed by atoms with Crippen LogP contribution in [0.3, 0.4) is 0 Å². The summed E-state index contributed by atoms with van der Waals surface area (Å²) in [6.07, 6.45) is -8.12. The van der Waals surface area contributed by atoms with Crippen LogP contribution in [0.25, 0.3) is 0 Å². The van der Waals surface area contributed by atoms with Crippen LogP contribution in [0.1, 0.15) is 0 Å². The van der Waals surface area contributed by atoms with E-state index in [1.54, 1.807) is 5.32 Å². The summed E-state index contributed by atoms with van der Waals surface area (Å²) in [4.78, 5) is 54.4. The van der Waals surface area contributed by atoms with Gasteiger partial charge in [0.25, 0.3) is 21.6 Å². The number of phosphoric ester groups is 1. The molecule has 2 aliphatic heterocycles. The number of phosphoric acid groups is 2. The molecule has 2 fully saturated rings. The number of carbonyl (C=O) groups is 2. The number of amides is 3. The number of imide groups is 1. The van der Waals surface area contributed by atoms with Crippen LogP contribution in [0.15, 0.2) is 0 Å². The van der Waals surface area contributed by atoms with Gasteiger partial charge in [-0.15, -0.1) is 0 Å². The van der Waals surface area contributed by atoms with Gasteiger partial charge in [0, 0.05) is 59.1 Å².